The zero-order chi connectivity index (χ0) is 20.1. The van der Waals surface area contributed by atoms with Crippen LogP contribution in [0.1, 0.15) is 5.56 Å². The number of piperazine rings is 1. The third-order valence-corrected chi connectivity index (χ3v) is 6.80. The average Bonchev–Trinajstić information content (AvgIpc) is 2.74. The highest BCUT2D eigenvalue weighted by Gasteiger charge is 2.31. The molecule has 1 fully saturated rings. The normalized spacial score (nSPS) is 16.0. The van der Waals surface area contributed by atoms with E-state index in [0.717, 1.165) is 12.3 Å². The quantitative estimate of drug-likeness (QED) is 0.702. The zero-order valence-electron chi connectivity index (χ0n) is 16.4. The van der Waals surface area contributed by atoms with Crippen molar-refractivity contribution >= 4 is 10.0 Å². The molecule has 0 N–H and O–H groups in total. The van der Waals surface area contributed by atoms with E-state index in [1.165, 1.54) is 30.2 Å². The van der Waals surface area contributed by atoms with Gasteiger partial charge in [0.25, 0.3) is 0 Å². The standard InChI is InChI=1S/C20H26N2O5S/c1-25-17-6-4-16(5-7-17)15-21-10-12-22(13-11-21)28(23,24)20-14-18(26-2)8-9-19(20)27-3/h4-9,14H,10-13,15H2,1-3H3. The van der Waals surface area contributed by atoms with E-state index < -0.39 is 10.0 Å². The molecule has 8 heteroatoms. The monoisotopic (exact) mass is 406 g/mol. The van der Waals surface area contributed by atoms with Crippen molar-refractivity contribution in [1.82, 2.24) is 9.21 Å². The molecule has 2 aromatic carbocycles. The summed E-state index contributed by atoms with van der Waals surface area (Å²) in [5.41, 5.74) is 1.17. The highest BCUT2D eigenvalue weighted by Crippen LogP contribution is 2.31. The number of hydrogen-bond donors (Lipinski definition) is 0. The highest BCUT2D eigenvalue weighted by atomic mass is 32.2. The lowest BCUT2D eigenvalue weighted by atomic mass is 10.2. The summed E-state index contributed by atoms with van der Waals surface area (Å²) in [6.07, 6.45) is 0. The SMILES string of the molecule is COc1ccc(CN2CCN(S(=O)(=O)c3cc(OC)ccc3OC)CC2)cc1. The fourth-order valence-corrected chi connectivity index (χ4v) is 4.83. The van der Waals surface area contributed by atoms with Crippen LogP contribution < -0.4 is 14.2 Å². The number of rotatable bonds is 7. The number of nitrogens with zero attached hydrogens (tertiary/aromatic N) is 2. The zero-order valence-corrected chi connectivity index (χ0v) is 17.2. The van der Waals surface area contributed by atoms with Crippen molar-refractivity contribution in [2.24, 2.45) is 0 Å². The fraction of sp³-hybridized carbons (Fsp3) is 0.400. The molecular weight excluding hydrogens is 380 g/mol. The van der Waals surface area contributed by atoms with Gasteiger partial charge in [0.15, 0.2) is 0 Å². The molecule has 0 unspecified atom stereocenters. The Balaban J connectivity index is 1.68. The summed E-state index contributed by atoms with van der Waals surface area (Å²) in [4.78, 5) is 2.38. The topological polar surface area (TPSA) is 68.3 Å². The van der Waals surface area contributed by atoms with Crippen LogP contribution in [0.25, 0.3) is 0 Å². The van der Waals surface area contributed by atoms with Crippen LogP contribution in [-0.2, 0) is 16.6 Å². The molecule has 2 aromatic rings. The van der Waals surface area contributed by atoms with E-state index in [1.807, 2.05) is 24.3 Å². The van der Waals surface area contributed by atoms with E-state index in [9.17, 15) is 8.42 Å². The Morgan fingerprint density at radius 3 is 2.00 bits per heavy atom. The van der Waals surface area contributed by atoms with Gasteiger partial charge in [-0.25, -0.2) is 8.42 Å². The summed E-state index contributed by atoms with van der Waals surface area (Å²) in [5.74, 6) is 1.63. The van der Waals surface area contributed by atoms with Gasteiger partial charge in [0.1, 0.15) is 22.1 Å². The van der Waals surface area contributed by atoms with Gasteiger partial charge >= 0.3 is 0 Å². The summed E-state index contributed by atoms with van der Waals surface area (Å²) in [5, 5.41) is 0. The average molecular weight is 407 g/mol. The fourth-order valence-electron chi connectivity index (χ4n) is 3.24. The first-order chi connectivity index (χ1) is 13.5. The van der Waals surface area contributed by atoms with Crippen molar-refractivity contribution in [2.75, 3.05) is 47.5 Å². The van der Waals surface area contributed by atoms with Crippen molar-refractivity contribution in [1.29, 1.82) is 0 Å². The first kappa shape index (κ1) is 20.4. The molecule has 0 aromatic heterocycles. The second-order valence-corrected chi connectivity index (χ2v) is 8.45. The van der Waals surface area contributed by atoms with Crippen LogP contribution in [0.4, 0.5) is 0 Å². The van der Waals surface area contributed by atoms with E-state index >= 15 is 0 Å². The van der Waals surface area contributed by atoms with Gasteiger partial charge in [0, 0.05) is 38.8 Å². The van der Waals surface area contributed by atoms with Crippen LogP contribution in [0.15, 0.2) is 47.4 Å². The van der Waals surface area contributed by atoms with Gasteiger partial charge in [0.05, 0.1) is 21.3 Å². The van der Waals surface area contributed by atoms with Crippen molar-refractivity contribution in [2.45, 2.75) is 11.4 Å². The molecule has 1 saturated heterocycles. The third-order valence-electron chi connectivity index (χ3n) is 4.89. The van der Waals surface area contributed by atoms with Crippen molar-refractivity contribution < 1.29 is 22.6 Å². The van der Waals surface area contributed by atoms with Crippen molar-refractivity contribution in [3.05, 3.63) is 48.0 Å². The van der Waals surface area contributed by atoms with E-state index in [-0.39, 0.29) is 4.90 Å². The first-order valence-corrected chi connectivity index (χ1v) is 10.5. The molecule has 0 atom stereocenters. The minimum Gasteiger partial charge on any atom is -0.497 e. The van der Waals surface area contributed by atoms with Crippen LogP contribution in [0.5, 0.6) is 17.2 Å². The summed E-state index contributed by atoms with van der Waals surface area (Å²) in [6.45, 7) is 2.97. The van der Waals surface area contributed by atoms with Crippen LogP contribution in [0, 0.1) is 0 Å². The number of ether oxygens (including phenoxy) is 3. The number of sulfonamides is 1. The van der Waals surface area contributed by atoms with Crippen LogP contribution >= 0.6 is 0 Å². The smallest absolute Gasteiger partial charge is 0.246 e. The van der Waals surface area contributed by atoms with Crippen molar-refractivity contribution in [3.63, 3.8) is 0 Å². The minimum atomic E-state index is -3.66. The molecule has 0 amide bonds. The Labute approximate surface area is 166 Å². The van der Waals surface area contributed by atoms with Gasteiger partial charge in [-0.2, -0.15) is 4.31 Å². The van der Waals surface area contributed by atoms with Gasteiger partial charge in [0.2, 0.25) is 10.0 Å². The minimum absolute atomic E-state index is 0.137. The molecule has 152 valence electrons. The lowest BCUT2D eigenvalue weighted by Gasteiger charge is -2.34. The Morgan fingerprint density at radius 2 is 1.43 bits per heavy atom. The molecule has 1 aliphatic rings. The van der Waals surface area contributed by atoms with E-state index in [4.69, 9.17) is 14.2 Å². The molecule has 0 aliphatic carbocycles. The first-order valence-electron chi connectivity index (χ1n) is 9.05. The van der Waals surface area contributed by atoms with Gasteiger partial charge in [-0.15, -0.1) is 0 Å². The maximum Gasteiger partial charge on any atom is 0.246 e. The Hall–Kier alpha value is -2.29. The summed E-state index contributed by atoms with van der Waals surface area (Å²) < 4.78 is 43.4. The number of benzene rings is 2. The van der Waals surface area contributed by atoms with Crippen LogP contribution in [-0.4, -0.2) is 65.1 Å². The molecule has 3 rings (SSSR count). The van der Waals surface area contributed by atoms with E-state index in [1.54, 1.807) is 19.2 Å². The highest BCUT2D eigenvalue weighted by molar-refractivity contribution is 7.89. The number of hydrogen-bond acceptors (Lipinski definition) is 6. The molecule has 1 heterocycles. The lowest BCUT2D eigenvalue weighted by Crippen LogP contribution is -2.48. The molecule has 0 saturated carbocycles. The molecule has 0 bridgehead atoms. The van der Waals surface area contributed by atoms with Gasteiger partial charge in [-0.1, -0.05) is 12.1 Å². The Bertz CT molecular complexity index is 891. The maximum atomic E-state index is 13.1. The molecule has 0 radical (unpaired) electrons. The second-order valence-electron chi connectivity index (χ2n) is 6.55. The Morgan fingerprint density at radius 1 is 0.821 bits per heavy atom. The molecule has 28 heavy (non-hydrogen) atoms. The van der Waals surface area contributed by atoms with Crippen LogP contribution in [0.2, 0.25) is 0 Å². The van der Waals surface area contributed by atoms with E-state index in [2.05, 4.69) is 4.90 Å². The van der Waals surface area contributed by atoms with Crippen molar-refractivity contribution in [3.8, 4) is 17.2 Å². The molecular formula is C20H26N2O5S. The predicted molar refractivity (Wildman–Crippen MR) is 107 cm³/mol. The van der Waals surface area contributed by atoms with E-state index in [0.29, 0.717) is 37.7 Å². The lowest BCUT2D eigenvalue weighted by molar-refractivity contribution is 0.181. The summed E-state index contributed by atoms with van der Waals surface area (Å²) in [7, 11) is 0.963. The van der Waals surface area contributed by atoms with Crippen LogP contribution in [0.3, 0.4) is 0 Å². The molecule has 7 nitrogen and oxygen atoms in total. The van der Waals surface area contributed by atoms with Gasteiger partial charge in [-0.3, -0.25) is 4.90 Å². The van der Waals surface area contributed by atoms with Gasteiger partial charge < -0.3 is 14.2 Å². The predicted octanol–water partition coefficient (Wildman–Crippen LogP) is 2.22. The third kappa shape index (κ3) is 4.40. The maximum absolute atomic E-state index is 13.1. The Kier molecular flexibility index (Phi) is 6.43. The molecule has 0 spiro atoms. The molecule has 1 aliphatic heterocycles. The largest absolute Gasteiger partial charge is 0.497 e. The number of methoxy groups -OCH3 is 3. The second kappa shape index (κ2) is 8.81. The summed E-state index contributed by atoms with van der Waals surface area (Å²) >= 11 is 0. The summed E-state index contributed by atoms with van der Waals surface area (Å²) in [6, 6.07) is 12.7. The van der Waals surface area contributed by atoms with Gasteiger partial charge in [-0.05, 0) is 29.8 Å².